The lowest BCUT2D eigenvalue weighted by atomic mass is 10.2. The third-order valence-electron chi connectivity index (χ3n) is 1.74. The number of hydrogen-bond donors (Lipinski definition) is 0. The van der Waals surface area contributed by atoms with Crippen LogP contribution in [-0.2, 0) is 0 Å². The summed E-state index contributed by atoms with van der Waals surface area (Å²) < 4.78 is 6.23. The molecule has 0 N–H and O–H groups in total. The second-order valence-corrected chi connectivity index (χ2v) is 3.60. The smallest absolute Gasteiger partial charge is 0.227 e. The molecular weight excluding hydrogens is 242 g/mol. The maximum Gasteiger partial charge on any atom is 0.227 e. The van der Waals surface area contributed by atoms with Crippen molar-refractivity contribution in [1.29, 1.82) is 0 Å². The van der Waals surface area contributed by atoms with Gasteiger partial charge < -0.3 is 4.42 Å². The molecule has 0 saturated heterocycles. The first-order chi connectivity index (χ1) is 6.79. The first kappa shape index (κ1) is 9.04. The Balaban J connectivity index is 2.40. The maximum absolute atomic E-state index is 5.21. The fourth-order valence-corrected chi connectivity index (χ4v) is 1.33. The van der Waals surface area contributed by atoms with Crippen molar-refractivity contribution in [2.24, 2.45) is 0 Å². The zero-order valence-electron chi connectivity index (χ0n) is 7.20. The van der Waals surface area contributed by atoms with Gasteiger partial charge in [0.05, 0.1) is 0 Å². The standard InChI is InChI=1S/C11H6BrNO/c1-2-10-7-14-11(13-10)8-3-5-9(12)6-4-8/h1,3-7H. The summed E-state index contributed by atoms with van der Waals surface area (Å²) in [6, 6.07) is 7.68. The van der Waals surface area contributed by atoms with Gasteiger partial charge in [-0.25, -0.2) is 4.98 Å². The van der Waals surface area contributed by atoms with Crippen molar-refractivity contribution in [2.75, 3.05) is 0 Å². The molecule has 0 aliphatic heterocycles. The summed E-state index contributed by atoms with van der Waals surface area (Å²) in [7, 11) is 0. The Bertz CT molecular complexity index is 479. The maximum atomic E-state index is 5.21. The molecule has 2 nitrogen and oxygen atoms in total. The van der Waals surface area contributed by atoms with Crippen LogP contribution in [0.25, 0.3) is 11.5 Å². The molecule has 0 spiro atoms. The van der Waals surface area contributed by atoms with E-state index in [0.717, 1.165) is 10.0 Å². The minimum atomic E-state index is 0.517. The quantitative estimate of drug-likeness (QED) is 0.725. The third kappa shape index (κ3) is 1.70. The van der Waals surface area contributed by atoms with E-state index in [-0.39, 0.29) is 0 Å². The van der Waals surface area contributed by atoms with Crippen molar-refractivity contribution < 1.29 is 4.42 Å². The summed E-state index contributed by atoms with van der Waals surface area (Å²) in [5.74, 6) is 2.96. The SMILES string of the molecule is C#Cc1coc(-c2ccc(Br)cc2)n1. The van der Waals surface area contributed by atoms with Crippen LogP contribution in [0, 0.1) is 12.3 Å². The first-order valence-corrected chi connectivity index (χ1v) is 4.77. The Labute approximate surface area is 90.1 Å². The van der Waals surface area contributed by atoms with Gasteiger partial charge in [0.1, 0.15) is 6.26 Å². The van der Waals surface area contributed by atoms with Gasteiger partial charge in [0.2, 0.25) is 5.89 Å². The van der Waals surface area contributed by atoms with E-state index in [2.05, 4.69) is 26.8 Å². The number of halogens is 1. The summed E-state index contributed by atoms with van der Waals surface area (Å²) in [6.07, 6.45) is 6.65. The van der Waals surface area contributed by atoms with Gasteiger partial charge in [-0.15, -0.1) is 6.42 Å². The molecule has 2 rings (SSSR count). The number of hydrogen-bond acceptors (Lipinski definition) is 2. The first-order valence-electron chi connectivity index (χ1n) is 3.97. The van der Waals surface area contributed by atoms with Crippen LogP contribution in [0.2, 0.25) is 0 Å². The fourth-order valence-electron chi connectivity index (χ4n) is 1.07. The Morgan fingerprint density at radius 2 is 2.00 bits per heavy atom. The number of benzene rings is 1. The molecule has 1 heterocycles. The summed E-state index contributed by atoms with van der Waals surface area (Å²) in [5, 5.41) is 0. The highest BCUT2D eigenvalue weighted by molar-refractivity contribution is 9.10. The predicted molar refractivity (Wildman–Crippen MR) is 57.6 cm³/mol. The van der Waals surface area contributed by atoms with Gasteiger partial charge in [0, 0.05) is 10.0 Å². The van der Waals surface area contributed by atoms with E-state index in [4.69, 9.17) is 10.8 Å². The molecule has 2 aromatic rings. The molecule has 14 heavy (non-hydrogen) atoms. The second kappa shape index (κ2) is 3.69. The normalized spacial score (nSPS) is 9.71. The fraction of sp³-hybridized carbons (Fsp3) is 0. The lowest BCUT2D eigenvalue weighted by Crippen LogP contribution is -1.77. The molecular formula is C11H6BrNO. The Morgan fingerprint density at radius 3 is 2.57 bits per heavy atom. The zero-order valence-corrected chi connectivity index (χ0v) is 8.78. The van der Waals surface area contributed by atoms with Crippen LogP contribution in [0.4, 0.5) is 0 Å². The van der Waals surface area contributed by atoms with Crippen molar-refractivity contribution in [3.63, 3.8) is 0 Å². The average Bonchev–Trinajstić information content (AvgIpc) is 2.67. The van der Waals surface area contributed by atoms with Crippen LogP contribution in [0.3, 0.4) is 0 Å². The third-order valence-corrected chi connectivity index (χ3v) is 2.27. The van der Waals surface area contributed by atoms with Crippen LogP contribution in [0.15, 0.2) is 39.4 Å². The molecule has 0 amide bonds. The van der Waals surface area contributed by atoms with E-state index < -0.39 is 0 Å². The Morgan fingerprint density at radius 1 is 1.29 bits per heavy atom. The number of terminal acetylenes is 1. The largest absolute Gasteiger partial charge is 0.443 e. The van der Waals surface area contributed by atoms with E-state index in [1.54, 1.807) is 0 Å². The van der Waals surface area contributed by atoms with Crippen molar-refractivity contribution >= 4 is 15.9 Å². The lowest BCUT2D eigenvalue weighted by Gasteiger charge is -1.94. The molecule has 0 bridgehead atoms. The van der Waals surface area contributed by atoms with Crippen LogP contribution in [0.5, 0.6) is 0 Å². The van der Waals surface area contributed by atoms with Gasteiger partial charge in [0.25, 0.3) is 0 Å². The number of oxazole rings is 1. The van der Waals surface area contributed by atoms with Crippen LogP contribution < -0.4 is 0 Å². The van der Waals surface area contributed by atoms with Crippen molar-refractivity contribution in [1.82, 2.24) is 4.98 Å². The molecule has 68 valence electrons. The number of aromatic nitrogens is 1. The topological polar surface area (TPSA) is 26.0 Å². The Hall–Kier alpha value is -1.53. The monoisotopic (exact) mass is 247 g/mol. The molecule has 0 saturated carbocycles. The van der Waals surface area contributed by atoms with Crippen molar-refractivity contribution in [3.05, 3.63) is 40.7 Å². The highest BCUT2D eigenvalue weighted by Gasteiger charge is 2.04. The van der Waals surface area contributed by atoms with Gasteiger partial charge in [-0.1, -0.05) is 15.9 Å². The molecule has 0 fully saturated rings. The second-order valence-electron chi connectivity index (χ2n) is 2.69. The van der Waals surface area contributed by atoms with Gasteiger partial charge in [-0.05, 0) is 30.2 Å². The Kier molecular flexibility index (Phi) is 2.38. The van der Waals surface area contributed by atoms with E-state index in [9.17, 15) is 0 Å². The van der Waals surface area contributed by atoms with Gasteiger partial charge in [-0.3, -0.25) is 0 Å². The summed E-state index contributed by atoms with van der Waals surface area (Å²) >= 11 is 3.35. The average molecular weight is 248 g/mol. The highest BCUT2D eigenvalue weighted by atomic mass is 79.9. The van der Waals surface area contributed by atoms with Gasteiger partial charge >= 0.3 is 0 Å². The van der Waals surface area contributed by atoms with Gasteiger partial charge in [-0.2, -0.15) is 0 Å². The number of rotatable bonds is 1. The summed E-state index contributed by atoms with van der Waals surface area (Å²) in [5.41, 5.74) is 1.43. The van der Waals surface area contributed by atoms with Crippen LogP contribution in [0.1, 0.15) is 5.69 Å². The lowest BCUT2D eigenvalue weighted by molar-refractivity contribution is 0.574. The molecule has 0 radical (unpaired) electrons. The van der Waals surface area contributed by atoms with E-state index in [1.807, 2.05) is 24.3 Å². The molecule has 0 unspecified atom stereocenters. The molecule has 1 aromatic heterocycles. The number of nitrogens with zero attached hydrogens (tertiary/aromatic N) is 1. The van der Waals surface area contributed by atoms with Gasteiger partial charge in [0.15, 0.2) is 5.69 Å². The highest BCUT2D eigenvalue weighted by Crippen LogP contribution is 2.20. The van der Waals surface area contributed by atoms with E-state index >= 15 is 0 Å². The molecule has 3 heteroatoms. The van der Waals surface area contributed by atoms with Crippen molar-refractivity contribution in [3.8, 4) is 23.8 Å². The summed E-state index contributed by atoms with van der Waals surface area (Å²) in [6.45, 7) is 0. The molecule has 0 aliphatic carbocycles. The van der Waals surface area contributed by atoms with Crippen molar-refractivity contribution in [2.45, 2.75) is 0 Å². The van der Waals surface area contributed by atoms with Crippen LogP contribution >= 0.6 is 15.9 Å². The molecule has 0 aliphatic rings. The van der Waals surface area contributed by atoms with E-state index in [1.165, 1.54) is 6.26 Å². The summed E-state index contributed by atoms with van der Waals surface area (Å²) in [4.78, 5) is 4.11. The van der Waals surface area contributed by atoms with E-state index in [0.29, 0.717) is 11.6 Å². The minimum Gasteiger partial charge on any atom is -0.443 e. The molecule has 0 atom stereocenters. The van der Waals surface area contributed by atoms with Crippen LogP contribution in [-0.4, -0.2) is 4.98 Å². The minimum absolute atomic E-state index is 0.517. The molecule has 1 aromatic carbocycles. The zero-order chi connectivity index (χ0) is 9.97. The predicted octanol–water partition coefficient (Wildman–Crippen LogP) is 3.09.